The van der Waals surface area contributed by atoms with Crippen molar-refractivity contribution in [1.29, 1.82) is 0 Å². The first kappa shape index (κ1) is 14.3. The number of aromatic hydroxyl groups is 2. The van der Waals surface area contributed by atoms with Crippen LogP contribution >= 0.6 is 11.3 Å². The normalized spacial score (nSPS) is 12.1. The summed E-state index contributed by atoms with van der Waals surface area (Å²) in [7, 11) is 0. The molecule has 1 aromatic carbocycles. The molecule has 0 aliphatic heterocycles. The van der Waals surface area contributed by atoms with Crippen LogP contribution in [0.5, 0.6) is 11.5 Å². The molecule has 0 aliphatic carbocycles. The van der Waals surface area contributed by atoms with Gasteiger partial charge in [-0.25, -0.2) is 4.98 Å². The number of carbonyl (C=O) groups excluding carboxylic acids is 1. The van der Waals surface area contributed by atoms with Crippen LogP contribution in [-0.2, 0) is 17.8 Å². The molecule has 20 heavy (non-hydrogen) atoms. The monoisotopic (exact) mass is 293 g/mol. The van der Waals surface area contributed by atoms with Gasteiger partial charge in [-0.2, -0.15) is 0 Å². The van der Waals surface area contributed by atoms with Gasteiger partial charge < -0.3 is 21.3 Å². The van der Waals surface area contributed by atoms with Crippen molar-refractivity contribution in [3.05, 3.63) is 40.3 Å². The summed E-state index contributed by atoms with van der Waals surface area (Å²) >= 11 is 1.46. The van der Waals surface area contributed by atoms with Crippen LogP contribution in [0.4, 0.5) is 0 Å². The van der Waals surface area contributed by atoms with Gasteiger partial charge in [0.2, 0.25) is 5.91 Å². The van der Waals surface area contributed by atoms with E-state index in [0.717, 1.165) is 5.69 Å². The van der Waals surface area contributed by atoms with Crippen LogP contribution in [0, 0.1) is 0 Å². The van der Waals surface area contributed by atoms with Crippen LogP contribution in [0.1, 0.15) is 11.3 Å². The van der Waals surface area contributed by atoms with Crippen LogP contribution in [0.25, 0.3) is 0 Å². The first-order valence-corrected chi connectivity index (χ1v) is 6.91. The van der Waals surface area contributed by atoms with Crippen molar-refractivity contribution in [1.82, 2.24) is 10.3 Å². The second-order valence-corrected chi connectivity index (χ2v) is 5.05. The summed E-state index contributed by atoms with van der Waals surface area (Å²) < 4.78 is 0. The minimum Gasteiger partial charge on any atom is -0.504 e. The Kier molecular flexibility index (Phi) is 4.54. The van der Waals surface area contributed by atoms with Crippen molar-refractivity contribution < 1.29 is 15.0 Å². The largest absolute Gasteiger partial charge is 0.504 e. The van der Waals surface area contributed by atoms with Crippen LogP contribution in [0.2, 0.25) is 0 Å². The maximum atomic E-state index is 11.8. The number of amides is 1. The van der Waals surface area contributed by atoms with E-state index < -0.39 is 6.04 Å². The number of hydrogen-bond donors (Lipinski definition) is 4. The average Bonchev–Trinajstić information content (AvgIpc) is 2.93. The van der Waals surface area contributed by atoms with E-state index in [2.05, 4.69) is 10.3 Å². The van der Waals surface area contributed by atoms with Gasteiger partial charge in [0, 0.05) is 5.38 Å². The van der Waals surface area contributed by atoms with Gasteiger partial charge >= 0.3 is 0 Å². The molecule has 2 rings (SSSR count). The van der Waals surface area contributed by atoms with Gasteiger partial charge in [0.1, 0.15) is 0 Å². The summed E-state index contributed by atoms with van der Waals surface area (Å²) in [5.41, 5.74) is 8.97. The molecule has 1 aromatic heterocycles. The van der Waals surface area contributed by atoms with E-state index in [-0.39, 0.29) is 23.8 Å². The highest BCUT2D eigenvalue weighted by Gasteiger charge is 2.14. The number of thiazole rings is 1. The summed E-state index contributed by atoms with van der Waals surface area (Å²) in [4.78, 5) is 15.9. The fourth-order valence-corrected chi connectivity index (χ4v) is 2.23. The maximum absolute atomic E-state index is 11.8. The van der Waals surface area contributed by atoms with Gasteiger partial charge in [0.25, 0.3) is 0 Å². The van der Waals surface area contributed by atoms with Gasteiger partial charge in [-0.1, -0.05) is 6.07 Å². The molecule has 0 radical (unpaired) electrons. The molecule has 0 saturated carbocycles. The number of carbonyl (C=O) groups is 1. The molecule has 0 saturated heterocycles. The molecule has 2 aromatic rings. The van der Waals surface area contributed by atoms with Gasteiger partial charge in [-0.05, 0) is 24.1 Å². The zero-order valence-corrected chi connectivity index (χ0v) is 11.4. The van der Waals surface area contributed by atoms with E-state index in [4.69, 9.17) is 5.73 Å². The number of phenols is 2. The number of hydrogen-bond acceptors (Lipinski definition) is 6. The molecule has 6 nitrogen and oxygen atoms in total. The molecular weight excluding hydrogens is 278 g/mol. The molecule has 106 valence electrons. The van der Waals surface area contributed by atoms with Crippen molar-refractivity contribution in [2.24, 2.45) is 5.73 Å². The van der Waals surface area contributed by atoms with E-state index >= 15 is 0 Å². The number of nitrogens with zero attached hydrogens (tertiary/aromatic N) is 1. The quantitative estimate of drug-likeness (QED) is 0.608. The van der Waals surface area contributed by atoms with Crippen molar-refractivity contribution in [2.75, 3.05) is 0 Å². The van der Waals surface area contributed by atoms with E-state index in [1.54, 1.807) is 11.6 Å². The molecule has 0 fully saturated rings. The van der Waals surface area contributed by atoms with Crippen LogP contribution < -0.4 is 11.1 Å². The lowest BCUT2D eigenvalue weighted by Crippen LogP contribution is -2.41. The van der Waals surface area contributed by atoms with Gasteiger partial charge in [0.05, 0.1) is 23.8 Å². The fourth-order valence-electron chi connectivity index (χ4n) is 1.68. The molecule has 1 amide bonds. The summed E-state index contributed by atoms with van der Waals surface area (Å²) in [5.74, 6) is -0.710. The highest BCUT2D eigenvalue weighted by atomic mass is 32.1. The second kappa shape index (κ2) is 6.36. The van der Waals surface area contributed by atoms with Crippen molar-refractivity contribution in [3.63, 3.8) is 0 Å². The lowest BCUT2D eigenvalue weighted by atomic mass is 10.1. The minimum atomic E-state index is -0.724. The fraction of sp³-hybridized carbons (Fsp3) is 0.231. The topological polar surface area (TPSA) is 108 Å². The van der Waals surface area contributed by atoms with Crippen LogP contribution in [-0.4, -0.2) is 27.1 Å². The number of rotatable bonds is 5. The number of aromatic nitrogens is 1. The molecule has 0 aliphatic rings. The molecular formula is C13H15N3O3S. The Morgan fingerprint density at radius 2 is 2.20 bits per heavy atom. The van der Waals surface area contributed by atoms with E-state index in [9.17, 15) is 15.0 Å². The molecule has 1 atom stereocenters. The Morgan fingerprint density at radius 1 is 1.40 bits per heavy atom. The number of nitrogens with two attached hydrogens (primary N) is 1. The smallest absolute Gasteiger partial charge is 0.237 e. The Balaban J connectivity index is 1.88. The number of benzene rings is 1. The third kappa shape index (κ3) is 3.69. The van der Waals surface area contributed by atoms with E-state index in [1.165, 1.54) is 23.5 Å². The SMILES string of the molecule is N[C@@H](Cc1ccc(O)c(O)c1)C(=O)NCc1cscn1. The summed E-state index contributed by atoms with van der Waals surface area (Å²) in [5, 5.41) is 23.1. The first-order chi connectivity index (χ1) is 9.56. The van der Waals surface area contributed by atoms with Crippen molar-refractivity contribution in [2.45, 2.75) is 19.0 Å². The van der Waals surface area contributed by atoms with Gasteiger partial charge in [0.15, 0.2) is 11.5 Å². The van der Waals surface area contributed by atoms with Gasteiger partial charge in [-0.15, -0.1) is 11.3 Å². The molecule has 1 heterocycles. The first-order valence-electron chi connectivity index (χ1n) is 5.97. The summed E-state index contributed by atoms with van der Waals surface area (Å²) in [6, 6.07) is 3.65. The highest BCUT2D eigenvalue weighted by molar-refractivity contribution is 7.07. The number of nitrogens with one attached hydrogen (secondary N) is 1. The third-order valence-corrected chi connectivity index (χ3v) is 3.39. The second-order valence-electron chi connectivity index (χ2n) is 4.33. The molecule has 7 heteroatoms. The predicted molar refractivity (Wildman–Crippen MR) is 75.4 cm³/mol. The molecule has 0 bridgehead atoms. The van der Waals surface area contributed by atoms with Gasteiger partial charge in [-0.3, -0.25) is 4.79 Å². The minimum absolute atomic E-state index is 0.199. The van der Waals surface area contributed by atoms with Crippen LogP contribution in [0.3, 0.4) is 0 Å². The zero-order valence-electron chi connectivity index (χ0n) is 10.6. The Hall–Kier alpha value is -2.12. The van der Waals surface area contributed by atoms with Crippen molar-refractivity contribution in [3.8, 4) is 11.5 Å². The predicted octanol–water partition coefficient (Wildman–Crippen LogP) is 0.740. The van der Waals surface area contributed by atoms with E-state index in [1.807, 2.05) is 5.38 Å². The summed E-state index contributed by atoms with van der Waals surface area (Å²) in [6.07, 6.45) is 0.275. The lowest BCUT2D eigenvalue weighted by molar-refractivity contribution is -0.122. The standard InChI is InChI=1S/C13H15N3O3S/c14-10(3-8-1-2-11(17)12(18)4-8)13(19)15-5-9-6-20-7-16-9/h1-2,4,6-7,10,17-18H,3,5,14H2,(H,15,19)/t10-/m0/s1. The molecule has 5 N–H and O–H groups in total. The Labute approximate surface area is 119 Å². The summed E-state index contributed by atoms with van der Waals surface area (Å²) in [6.45, 7) is 0.344. The van der Waals surface area contributed by atoms with Crippen molar-refractivity contribution >= 4 is 17.2 Å². The maximum Gasteiger partial charge on any atom is 0.237 e. The molecule has 0 spiro atoms. The average molecular weight is 293 g/mol. The Bertz CT molecular complexity index is 587. The lowest BCUT2D eigenvalue weighted by Gasteiger charge is -2.12. The third-order valence-electron chi connectivity index (χ3n) is 2.76. The van der Waals surface area contributed by atoms with Crippen LogP contribution in [0.15, 0.2) is 29.1 Å². The Morgan fingerprint density at radius 3 is 2.85 bits per heavy atom. The number of phenolic OH excluding ortho intramolecular Hbond substituents is 2. The van der Waals surface area contributed by atoms with E-state index in [0.29, 0.717) is 12.1 Å². The molecule has 0 unspecified atom stereocenters. The highest BCUT2D eigenvalue weighted by Crippen LogP contribution is 2.25. The zero-order chi connectivity index (χ0) is 14.5.